The maximum absolute atomic E-state index is 5.98. The van der Waals surface area contributed by atoms with Crippen LogP contribution in [0, 0.1) is 0 Å². The monoisotopic (exact) mass is 258 g/mol. The molecule has 3 nitrogen and oxygen atoms in total. The van der Waals surface area contributed by atoms with Crippen LogP contribution in [-0.4, -0.2) is 16.9 Å². The zero-order valence-electron chi connectivity index (χ0n) is 9.80. The van der Waals surface area contributed by atoms with Crippen LogP contribution in [0.2, 0.25) is 5.02 Å². The van der Waals surface area contributed by atoms with Crippen LogP contribution < -0.4 is 4.74 Å². The van der Waals surface area contributed by atoms with Gasteiger partial charge in [0.05, 0.1) is 18.3 Å². The van der Waals surface area contributed by atoms with E-state index in [0.717, 1.165) is 22.3 Å². The van der Waals surface area contributed by atoms with Crippen molar-refractivity contribution in [2.45, 2.75) is 0 Å². The maximum Gasteiger partial charge on any atom is 0.119 e. The molecule has 1 heterocycles. The highest BCUT2D eigenvalue weighted by molar-refractivity contribution is 6.30. The Balaban J connectivity index is 2.13. The second kappa shape index (κ2) is 4.35. The molecule has 18 heavy (non-hydrogen) atoms. The second-order valence-corrected chi connectivity index (χ2v) is 4.41. The van der Waals surface area contributed by atoms with Crippen LogP contribution in [0.3, 0.4) is 0 Å². The summed E-state index contributed by atoms with van der Waals surface area (Å²) in [6.45, 7) is 0. The first-order valence-electron chi connectivity index (χ1n) is 5.55. The third kappa shape index (κ3) is 1.93. The quantitative estimate of drug-likeness (QED) is 0.701. The predicted molar refractivity (Wildman–Crippen MR) is 72.6 cm³/mol. The number of ether oxygens (including phenoxy) is 1. The third-order valence-electron chi connectivity index (χ3n) is 2.78. The summed E-state index contributed by atoms with van der Waals surface area (Å²) in [5, 5.41) is 6.24. The summed E-state index contributed by atoms with van der Waals surface area (Å²) in [6, 6.07) is 13.4. The predicted octanol–water partition coefficient (Wildman–Crippen LogP) is 3.69. The fourth-order valence-corrected chi connectivity index (χ4v) is 2.07. The van der Waals surface area contributed by atoms with Crippen LogP contribution in [0.5, 0.6) is 5.75 Å². The molecular weight excluding hydrogens is 248 g/mol. The lowest BCUT2D eigenvalue weighted by molar-refractivity contribution is 0.415. The summed E-state index contributed by atoms with van der Waals surface area (Å²) in [5.41, 5.74) is 1.87. The minimum atomic E-state index is 0.699. The van der Waals surface area contributed by atoms with E-state index >= 15 is 0 Å². The summed E-state index contributed by atoms with van der Waals surface area (Å²) < 4.78 is 7.01. The number of nitrogens with zero attached hydrogens (tertiary/aromatic N) is 2. The molecule has 1 aromatic heterocycles. The molecule has 4 heteroatoms. The first-order valence-corrected chi connectivity index (χ1v) is 5.93. The summed E-state index contributed by atoms with van der Waals surface area (Å²) in [7, 11) is 1.66. The largest absolute Gasteiger partial charge is 0.497 e. The van der Waals surface area contributed by atoms with E-state index in [9.17, 15) is 0 Å². The van der Waals surface area contributed by atoms with Crippen LogP contribution >= 0.6 is 11.6 Å². The van der Waals surface area contributed by atoms with Gasteiger partial charge in [0, 0.05) is 16.6 Å². The van der Waals surface area contributed by atoms with Crippen molar-refractivity contribution in [2.24, 2.45) is 0 Å². The number of benzene rings is 2. The fraction of sp³-hybridized carbons (Fsp3) is 0.0714. The lowest BCUT2D eigenvalue weighted by Gasteiger charge is -2.00. The van der Waals surface area contributed by atoms with Gasteiger partial charge in [0.15, 0.2) is 0 Å². The van der Waals surface area contributed by atoms with Gasteiger partial charge in [-0.3, -0.25) is 0 Å². The van der Waals surface area contributed by atoms with E-state index < -0.39 is 0 Å². The van der Waals surface area contributed by atoms with Gasteiger partial charge in [-0.25, -0.2) is 4.68 Å². The second-order valence-electron chi connectivity index (χ2n) is 3.98. The van der Waals surface area contributed by atoms with Gasteiger partial charge in [-0.15, -0.1) is 0 Å². The minimum absolute atomic E-state index is 0.699. The van der Waals surface area contributed by atoms with Crippen molar-refractivity contribution in [3.63, 3.8) is 0 Å². The van der Waals surface area contributed by atoms with Crippen molar-refractivity contribution in [1.82, 2.24) is 9.78 Å². The average molecular weight is 259 g/mol. The van der Waals surface area contributed by atoms with Crippen molar-refractivity contribution in [1.29, 1.82) is 0 Å². The van der Waals surface area contributed by atoms with E-state index in [4.69, 9.17) is 16.3 Å². The van der Waals surface area contributed by atoms with Gasteiger partial charge in [-0.2, -0.15) is 5.10 Å². The lowest BCUT2D eigenvalue weighted by atomic mass is 10.2. The Labute approximate surface area is 110 Å². The Morgan fingerprint density at radius 1 is 1.17 bits per heavy atom. The Hall–Kier alpha value is -2.00. The highest BCUT2D eigenvalue weighted by atomic mass is 35.5. The van der Waals surface area contributed by atoms with Crippen LogP contribution in [0.25, 0.3) is 16.6 Å². The molecule has 0 aliphatic carbocycles. The molecule has 0 aliphatic heterocycles. The number of methoxy groups -OCH3 is 1. The Morgan fingerprint density at radius 2 is 2.06 bits per heavy atom. The maximum atomic E-state index is 5.98. The molecule has 3 aromatic rings. The number of hydrogen-bond donors (Lipinski definition) is 0. The smallest absolute Gasteiger partial charge is 0.119 e. The summed E-state index contributed by atoms with van der Waals surface area (Å²) in [4.78, 5) is 0. The topological polar surface area (TPSA) is 27.1 Å². The standard InChI is InChI=1S/C14H11ClN2O/c1-18-13-5-6-14-10(7-13)9-17(16-14)12-4-2-3-11(15)8-12/h2-9H,1H3. The molecule has 0 spiro atoms. The van der Waals surface area contributed by atoms with Gasteiger partial charge in [-0.05, 0) is 36.4 Å². The van der Waals surface area contributed by atoms with Crippen molar-refractivity contribution >= 4 is 22.5 Å². The molecule has 3 rings (SSSR count). The first-order chi connectivity index (χ1) is 8.76. The molecule has 0 amide bonds. The van der Waals surface area contributed by atoms with Gasteiger partial charge < -0.3 is 4.74 Å². The van der Waals surface area contributed by atoms with E-state index in [0.29, 0.717) is 5.02 Å². The van der Waals surface area contributed by atoms with Crippen LogP contribution in [-0.2, 0) is 0 Å². The molecule has 90 valence electrons. The van der Waals surface area contributed by atoms with E-state index in [1.807, 2.05) is 53.3 Å². The van der Waals surface area contributed by atoms with E-state index in [2.05, 4.69) is 5.10 Å². The molecule has 0 aliphatic rings. The molecule has 2 aromatic carbocycles. The van der Waals surface area contributed by atoms with Gasteiger partial charge in [0.1, 0.15) is 5.75 Å². The summed E-state index contributed by atoms with van der Waals surface area (Å²) >= 11 is 5.98. The molecule has 0 fully saturated rings. The van der Waals surface area contributed by atoms with Gasteiger partial charge >= 0.3 is 0 Å². The van der Waals surface area contributed by atoms with Crippen LogP contribution in [0.1, 0.15) is 0 Å². The highest BCUT2D eigenvalue weighted by Gasteiger charge is 2.04. The third-order valence-corrected chi connectivity index (χ3v) is 3.02. The first kappa shape index (κ1) is 11.1. The van der Waals surface area contributed by atoms with Crippen LogP contribution in [0.15, 0.2) is 48.7 Å². The van der Waals surface area contributed by atoms with Crippen molar-refractivity contribution in [2.75, 3.05) is 7.11 Å². The zero-order valence-corrected chi connectivity index (χ0v) is 10.6. The van der Waals surface area contributed by atoms with Crippen molar-refractivity contribution < 1.29 is 4.74 Å². The van der Waals surface area contributed by atoms with Crippen LogP contribution in [0.4, 0.5) is 0 Å². The number of rotatable bonds is 2. The number of aromatic nitrogens is 2. The zero-order chi connectivity index (χ0) is 12.5. The average Bonchev–Trinajstić information content (AvgIpc) is 2.81. The van der Waals surface area contributed by atoms with Gasteiger partial charge in [0.2, 0.25) is 0 Å². The Morgan fingerprint density at radius 3 is 2.83 bits per heavy atom. The van der Waals surface area contributed by atoms with E-state index in [-0.39, 0.29) is 0 Å². The molecular formula is C14H11ClN2O. The lowest BCUT2D eigenvalue weighted by Crippen LogP contribution is -1.93. The minimum Gasteiger partial charge on any atom is -0.497 e. The Kier molecular flexibility index (Phi) is 2.68. The van der Waals surface area contributed by atoms with Crippen molar-refractivity contribution in [3.8, 4) is 11.4 Å². The number of halogens is 1. The van der Waals surface area contributed by atoms with E-state index in [1.165, 1.54) is 0 Å². The molecule has 0 unspecified atom stereocenters. The van der Waals surface area contributed by atoms with Crippen molar-refractivity contribution in [3.05, 3.63) is 53.7 Å². The summed E-state index contributed by atoms with van der Waals surface area (Å²) in [5.74, 6) is 0.827. The Bertz CT molecular complexity index is 706. The SMILES string of the molecule is COc1ccc2nn(-c3cccc(Cl)c3)cc2c1. The highest BCUT2D eigenvalue weighted by Crippen LogP contribution is 2.22. The fourth-order valence-electron chi connectivity index (χ4n) is 1.88. The molecule has 0 radical (unpaired) electrons. The molecule has 0 saturated heterocycles. The number of hydrogen-bond acceptors (Lipinski definition) is 2. The molecule has 0 N–H and O–H groups in total. The molecule has 0 saturated carbocycles. The molecule has 0 bridgehead atoms. The molecule has 0 atom stereocenters. The number of fused-ring (bicyclic) bond motifs is 1. The van der Waals surface area contributed by atoms with Gasteiger partial charge in [0.25, 0.3) is 0 Å². The van der Waals surface area contributed by atoms with Gasteiger partial charge in [-0.1, -0.05) is 17.7 Å². The van der Waals surface area contributed by atoms with E-state index in [1.54, 1.807) is 7.11 Å². The normalized spacial score (nSPS) is 10.8. The summed E-state index contributed by atoms with van der Waals surface area (Å²) in [6.07, 6.45) is 1.96.